The van der Waals surface area contributed by atoms with Crippen LogP contribution in [0.25, 0.3) is 0 Å². The summed E-state index contributed by atoms with van der Waals surface area (Å²) in [5.41, 5.74) is 1.53. The Morgan fingerprint density at radius 2 is 1.75 bits per heavy atom. The van der Waals surface area contributed by atoms with Crippen LogP contribution in [-0.4, -0.2) is 21.3 Å². The zero-order valence-corrected chi connectivity index (χ0v) is 11.1. The fraction of sp³-hybridized carbons (Fsp3) is 0.188. The lowest BCUT2D eigenvalue weighted by molar-refractivity contribution is 0.0692. The van der Waals surface area contributed by atoms with Gasteiger partial charge in [-0.1, -0.05) is 30.3 Å². The van der Waals surface area contributed by atoms with Crippen molar-refractivity contribution >= 4 is 5.97 Å². The van der Waals surface area contributed by atoms with E-state index in [1.54, 1.807) is 6.92 Å². The van der Waals surface area contributed by atoms with Crippen molar-refractivity contribution in [3.63, 3.8) is 0 Å². The van der Waals surface area contributed by atoms with Gasteiger partial charge in [0.15, 0.2) is 0 Å². The maximum Gasteiger partial charge on any atom is 0.339 e. The number of carboxylic acids is 1. The summed E-state index contributed by atoms with van der Waals surface area (Å²) in [6, 6.07) is 11.0. The van der Waals surface area contributed by atoms with Crippen LogP contribution in [0.2, 0.25) is 0 Å². The molecule has 0 amide bonds. The standard InChI is InChI=1S/C16H16O4/c1-10-9-13(17)12(15(18)14(10)16(19)20)8-7-11-5-3-2-4-6-11/h2-6,9,17-18H,7-8H2,1H3,(H,19,20). The number of phenols is 2. The van der Waals surface area contributed by atoms with Gasteiger partial charge in [0.25, 0.3) is 0 Å². The molecule has 0 radical (unpaired) electrons. The Morgan fingerprint density at radius 1 is 1.10 bits per heavy atom. The summed E-state index contributed by atoms with van der Waals surface area (Å²) >= 11 is 0. The molecule has 2 aromatic rings. The Hall–Kier alpha value is -2.49. The Labute approximate surface area is 116 Å². The smallest absolute Gasteiger partial charge is 0.339 e. The molecule has 0 saturated heterocycles. The van der Waals surface area contributed by atoms with Gasteiger partial charge >= 0.3 is 5.97 Å². The number of aromatic carboxylic acids is 1. The van der Waals surface area contributed by atoms with Crippen molar-refractivity contribution in [2.24, 2.45) is 0 Å². The number of phenolic OH excluding ortho intramolecular Hbond substituents is 1. The maximum atomic E-state index is 11.1. The molecule has 4 nitrogen and oxygen atoms in total. The van der Waals surface area contributed by atoms with Gasteiger partial charge < -0.3 is 15.3 Å². The van der Waals surface area contributed by atoms with Crippen molar-refractivity contribution < 1.29 is 20.1 Å². The lowest BCUT2D eigenvalue weighted by atomic mass is 9.97. The summed E-state index contributed by atoms with van der Waals surface area (Å²) in [5.74, 6) is -1.60. The molecular formula is C16H16O4. The van der Waals surface area contributed by atoms with Gasteiger partial charge in [0.1, 0.15) is 17.1 Å². The molecule has 0 aliphatic heterocycles. The van der Waals surface area contributed by atoms with Crippen LogP contribution < -0.4 is 0 Å². The minimum atomic E-state index is -1.19. The van der Waals surface area contributed by atoms with Crippen LogP contribution in [0.15, 0.2) is 36.4 Å². The van der Waals surface area contributed by atoms with Crippen LogP contribution in [-0.2, 0) is 12.8 Å². The zero-order chi connectivity index (χ0) is 14.7. The minimum absolute atomic E-state index is 0.0686. The first kappa shape index (κ1) is 13.9. The van der Waals surface area contributed by atoms with Gasteiger partial charge in [-0.15, -0.1) is 0 Å². The Balaban J connectivity index is 2.32. The Morgan fingerprint density at radius 3 is 2.35 bits per heavy atom. The monoisotopic (exact) mass is 272 g/mol. The molecule has 0 unspecified atom stereocenters. The number of rotatable bonds is 4. The van der Waals surface area contributed by atoms with Gasteiger partial charge in [-0.05, 0) is 37.0 Å². The summed E-state index contributed by atoms with van der Waals surface area (Å²) < 4.78 is 0. The van der Waals surface area contributed by atoms with Gasteiger partial charge in [0.05, 0.1) is 0 Å². The van der Waals surface area contributed by atoms with E-state index in [1.807, 2.05) is 30.3 Å². The van der Waals surface area contributed by atoms with Gasteiger partial charge in [-0.25, -0.2) is 4.79 Å². The molecule has 0 aliphatic rings. The van der Waals surface area contributed by atoms with E-state index in [2.05, 4.69) is 0 Å². The first-order valence-electron chi connectivity index (χ1n) is 6.32. The molecule has 4 heteroatoms. The normalized spacial score (nSPS) is 10.4. The second-order valence-corrected chi connectivity index (χ2v) is 4.71. The highest BCUT2D eigenvalue weighted by atomic mass is 16.4. The topological polar surface area (TPSA) is 77.8 Å². The van der Waals surface area contributed by atoms with E-state index in [0.29, 0.717) is 18.4 Å². The van der Waals surface area contributed by atoms with Crippen LogP contribution in [0.4, 0.5) is 0 Å². The van der Waals surface area contributed by atoms with Gasteiger partial charge in [-0.2, -0.15) is 0 Å². The van der Waals surface area contributed by atoms with Crippen LogP contribution in [0.1, 0.15) is 27.0 Å². The lowest BCUT2D eigenvalue weighted by Crippen LogP contribution is -2.03. The number of hydrogen-bond donors (Lipinski definition) is 3. The fourth-order valence-electron chi connectivity index (χ4n) is 2.25. The third-order valence-corrected chi connectivity index (χ3v) is 3.30. The predicted octanol–water partition coefficient (Wildman–Crippen LogP) is 2.89. The van der Waals surface area contributed by atoms with Crippen molar-refractivity contribution in [1.82, 2.24) is 0 Å². The molecule has 0 atom stereocenters. The van der Waals surface area contributed by atoms with E-state index >= 15 is 0 Å². The third-order valence-electron chi connectivity index (χ3n) is 3.30. The van der Waals surface area contributed by atoms with E-state index in [9.17, 15) is 15.0 Å². The quantitative estimate of drug-likeness (QED) is 0.799. The predicted molar refractivity (Wildman–Crippen MR) is 75.3 cm³/mol. The van der Waals surface area contributed by atoms with E-state index in [-0.39, 0.29) is 22.6 Å². The highest BCUT2D eigenvalue weighted by Crippen LogP contribution is 2.34. The van der Waals surface area contributed by atoms with Crippen molar-refractivity contribution in [1.29, 1.82) is 0 Å². The molecule has 0 saturated carbocycles. The molecule has 3 N–H and O–H groups in total. The molecular weight excluding hydrogens is 256 g/mol. The van der Waals surface area contributed by atoms with Crippen molar-refractivity contribution in [3.8, 4) is 11.5 Å². The fourth-order valence-corrected chi connectivity index (χ4v) is 2.25. The summed E-state index contributed by atoms with van der Waals surface area (Å²) in [4.78, 5) is 11.1. The first-order chi connectivity index (χ1) is 9.50. The summed E-state index contributed by atoms with van der Waals surface area (Å²) in [5, 5.41) is 29.1. The molecule has 0 bridgehead atoms. The molecule has 104 valence electrons. The van der Waals surface area contributed by atoms with Crippen LogP contribution >= 0.6 is 0 Å². The van der Waals surface area contributed by atoms with E-state index in [0.717, 1.165) is 5.56 Å². The Kier molecular flexibility index (Phi) is 3.94. The number of hydrogen-bond acceptors (Lipinski definition) is 3. The molecule has 20 heavy (non-hydrogen) atoms. The average molecular weight is 272 g/mol. The van der Waals surface area contributed by atoms with Crippen LogP contribution in [0, 0.1) is 6.92 Å². The van der Waals surface area contributed by atoms with E-state index in [4.69, 9.17) is 5.11 Å². The van der Waals surface area contributed by atoms with E-state index in [1.165, 1.54) is 6.07 Å². The van der Waals surface area contributed by atoms with Crippen LogP contribution in [0.3, 0.4) is 0 Å². The second-order valence-electron chi connectivity index (χ2n) is 4.71. The summed E-state index contributed by atoms with van der Waals surface area (Å²) in [7, 11) is 0. The number of carbonyl (C=O) groups is 1. The SMILES string of the molecule is Cc1cc(O)c(CCc2ccccc2)c(O)c1C(=O)O. The molecule has 0 aliphatic carbocycles. The molecule has 2 aromatic carbocycles. The number of carboxylic acid groups (broad SMARTS) is 1. The maximum absolute atomic E-state index is 11.1. The zero-order valence-electron chi connectivity index (χ0n) is 11.1. The Bertz CT molecular complexity index is 633. The molecule has 0 heterocycles. The summed E-state index contributed by atoms with van der Waals surface area (Å²) in [6.07, 6.45) is 0.992. The molecule has 0 aromatic heterocycles. The minimum Gasteiger partial charge on any atom is -0.508 e. The van der Waals surface area contributed by atoms with Crippen molar-refractivity contribution in [2.45, 2.75) is 19.8 Å². The van der Waals surface area contributed by atoms with Crippen molar-refractivity contribution in [3.05, 3.63) is 58.7 Å². The highest BCUT2D eigenvalue weighted by molar-refractivity contribution is 5.93. The number of aromatic hydroxyl groups is 2. The second kappa shape index (κ2) is 5.65. The number of aryl methyl sites for hydroxylation is 2. The van der Waals surface area contributed by atoms with Gasteiger partial charge in [0, 0.05) is 5.56 Å². The van der Waals surface area contributed by atoms with Crippen LogP contribution in [0.5, 0.6) is 11.5 Å². The van der Waals surface area contributed by atoms with Crippen molar-refractivity contribution in [2.75, 3.05) is 0 Å². The average Bonchev–Trinajstić information content (AvgIpc) is 2.38. The lowest BCUT2D eigenvalue weighted by Gasteiger charge is -2.12. The molecule has 2 rings (SSSR count). The van der Waals surface area contributed by atoms with Gasteiger partial charge in [-0.3, -0.25) is 0 Å². The third kappa shape index (κ3) is 2.74. The molecule has 0 spiro atoms. The number of benzene rings is 2. The van der Waals surface area contributed by atoms with Gasteiger partial charge in [0.2, 0.25) is 0 Å². The summed E-state index contributed by atoms with van der Waals surface area (Å²) in [6.45, 7) is 1.55. The highest BCUT2D eigenvalue weighted by Gasteiger charge is 2.20. The molecule has 0 fully saturated rings. The largest absolute Gasteiger partial charge is 0.508 e. The van der Waals surface area contributed by atoms with E-state index < -0.39 is 5.97 Å². The first-order valence-corrected chi connectivity index (χ1v) is 6.32.